The summed E-state index contributed by atoms with van der Waals surface area (Å²) in [7, 11) is 1.92. The second kappa shape index (κ2) is 7.98. The molecule has 5 rings (SSSR count). The van der Waals surface area contributed by atoms with Crippen molar-refractivity contribution >= 4 is 32.7 Å². The zero-order chi connectivity index (χ0) is 21.4. The Bertz CT molecular complexity index is 1380. The fourth-order valence-corrected chi connectivity index (χ4v) is 4.36. The van der Waals surface area contributed by atoms with E-state index in [1.54, 1.807) is 6.07 Å². The molecule has 0 bridgehead atoms. The lowest BCUT2D eigenvalue weighted by molar-refractivity contribution is 0.108. The number of aromatic amines is 1. The van der Waals surface area contributed by atoms with Crippen LogP contribution < -0.4 is 5.56 Å². The quantitative estimate of drug-likeness (QED) is 0.448. The number of nitrogens with zero attached hydrogens (tertiary/aromatic N) is 3. The maximum atomic E-state index is 12.3. The van der Waals surface area contributed by atoms with Crippen molar-refractivity contribution in [2.24, 2.45) is 0 Å². The number of hydrogen-bond donors (Lipinski definition) is 2. The number of aromatic nitrogens is 3. The summed E-state index contributed by atoms with van der Waals surface area (Å²) >= 11 is 0. The third kappa shape index (κ3) is 3.71. The first kappa shape index (κ1) is 19.5. The molecule has 156 valence electrons. The number of fused-ring (bicyclic) bond motifs is 4. The summed E-state index contributed by atoms with van der Waals surface area (Å²) < 4.78 is 2.18. The molecular weight excluding hydrogens is 388 g/mol. The van der Waals surface area contributed by atoms with E-state index in [4.69, 9.17) is 0 Å². The fraction of sp³-hybridized carbons (Fsp3) is 0.200. The lowest BCUT2D eigenvalue weighted by Gasteiger charge is -2.21. The van der Waals surface area contributed by atoms with Crippen LogP contribution in [-0.2, 0) is 13.1 Å². The van der Waals surface area contributed by atoms with Gasteiger partial charge in [0.2, 0.25) is 0 Å². The average molecular weight is 412 g/mol. The minimum absolute atomic E-state index is 0.139. The van der Waals surface area contributed by atoms with Gasteiger partial charge in [0.05, 0.1) is 30.1 Å². The lowest BCUT2D eigenvalue weighted by atomic mass is 10.2. The van der Waals surface area contributed by atoms with Gasteiger partial charge in [-0.05, 0) is 31.3 Å². The van der Waals surface area contributed by atoms with Crippen molar-refractivity contribution < 1.29 is 5.11 Å². The van der Waals surface area contributed by atoms with Gasteiger partial charge in [-0.15, -0.1) is 0 Å². The minimum atomic E-state index is -0.573. The Kier molecular flexibility index (Phi) is 5.02. The first-order valence-electron chi connectivity index (χ1n) is 10.4. The van der Waals surface area contributed by atoms with Gasteiger partial charge in [-0.25, -0.2) is 4.98 Å². The number of nitrogens with one attached hydrogen (secondary N) is 1. The molecule has 0 aliphatic carbocycles. The molecule has 0 aliphatic heterocycles. The SMILES string of the molecule is CN(Cc1nc2ccccc2c(=O)[nH]1)C[C@H](O)Cn1c2ccccc2c2ccccc21. The van der Waals surface area contributed by atoms with E-state index < -0.39 is 6.10 Å². The summed E-state index contributed by atoms with van der Waals surface area (Å²) in [6.45, 7) is 1.39. The molecule has 2 N–H and O–H groups in total. The minimum Gasteiger partial charge on any atom is -0.390 e. The van der Waals surface area contributed by atoms with Crippen LogP contribution in [-0.4, -0.2) is 44.2 Å². The molecule has 0 radical (unpaired) electrons. The summed E-state index contributed by atoms with van der Waals surface area (Å²) in [5, 5.41) is 13.8. The van der Waals surface area contributed by atoms with E-state index in [0.29, 0.717) is 36.4 Å². The van der Waals surface area contributed by atoms with Gasteiger partial charge >= 0.3 is 0 Å². The predicted octanol–water partition coefficient (Wildman–Crippen LogP) is 3.52. The Morgan fingerprint density at radius 3 is 2.19 bits per heavy atom. The molecule has 5 aromatic rings. The summed E-state index contributed by atoms with van der Waals surface area (Å²) in [5.41, 5.74) is 2.78. The van der Waals surface area contributed by atoms with Crippen molar-refractivity contribution in [1.29, 1.82) is 0 Å². The first-order valence-corrected chi connectivity index (χ1v) is 10.4. The number of likely N-dealkylation sites (N-methyl/N-ethyl adjacent to an activating group) is 1. The molecule has 0 saturated heterocycles. The highest BCUT2D eigenvalue weighted by atomic mass is 16.3. The maximum absolute atomic E-state index is 12.3. The van der Waals surface area contributed by atoms with Gasteiger partial charge in [-0.1, -0.05) is 48.5 Å². The van der Waals surface area contributed by atoms with Crippen LogP contribution in [0.4, 0.5) is 0 Å². The van der Waals surface area contributed by atoms with Crippen LogP contribution in [0.3, 0.4) is 0 Å². The Hall–Kier alpha value is -3.48. The molecule has 0 unspecified atom stereocenters. The van der Waals surface area contributed by atoms with Crippen LogP contribution in [0.15, 0.2) is 77.6 Å². The second-order valence-corrected chi connectivity index (χ2v) is 8.03. The normalized spacial score (nSPS) is 12.9. The van der Waals surface area contributed by atoms with Crippen LogP contribution in [0.2, 0.25) is 0 Å². The van der Waals surface area contributed by atoms with Crippen molar-refractivity contribution in [1.82, 2.24) is 19.4 Å². The standard InChI is InChI=1S/C25H24N4O2/c1-28(16-24-26-21-11-5-2-10-20(21)25(31)27-24)14-17(30)15-29-22-12-6-3-8-18(22)19-9-4-7-13-23(19)29/h2-13,17,30H,14-16H2,1H3,(H,26,27,31)/t17-/m0/s1. The van der Waals surface area contributed by atoms with Gasteiger partial charge < -0.3 is 14.7 Å². The van der Waals surface area contributed by atoms with Gasteiger partial charge in [-0.3, -0.25) is 9.69 Å². The first-order chi connectivity index (χ1) is 15.1. The molecule has 0 spiro atoms. The van der Waals surface area contributed by atoms with Gasteiger partial charge in [0.1, 0.15) is 5.82 Å². The van der Waals surface area contributed by atoms with E-state index in [1.165, 1.54) is 10.8 Å². The van der Waals surface area contributed by atoms with Crippen molar-refractivity contribution in [2.75, 3.05) is 13.6 Å². The zero-order valence-corrected chi connectivity index (χ0v) is 17.3. The van der Waals surface area contributed by atoms with Crippen LogP contribution in [0, 0.1) is 0 Å². The van der Waals surface area contributed by atoms with Crippen LogP contribution in [0.5, 0.6) is 0 Å². The van der Waals surface area contributed by atoms with E-state index in [0.717, 1.165) is 11.0 Å². The monoisotopic (exact) mass is 412 g/mol. The number of rotatable bonds is 6. The number of aliphatic hydroxyl groups is 1. The predicted molar refractivity (Wildman–Crippen MR) is 124 cm³/mol. The van der Waals surface area contributed by atoms with Crippen LogP contribution >= 0.6 is 0 Å². The molecule has 6 heteroatoms. The van der Waals surface area contributed by atoms with Gasteiger partial charge in [0, 0.05) is 28.4 Å². The summed E-state index contributed by atoms with van der Waals surface area (Å²) in [6.07, 6.45) is -0.573. The van der Waals surface area contributed by atoms with E-state index in [-0.39, 0.29) is 5.56 Å². The summed E-state index contributed by atoms with van der Waals surface area (Å²) in [6, 6.07) is 23.9. The fourth-order valence-electron chi connectivity index (χ4n) is 4.36. The van der Waals surface area contributed by atoms with Crippen molar-refractivity contribution in [3.05, 3.63) is 89.0 Å². The molecule has 0 fully saturated rings. The highest BCUT2D eigenvalue weighted by Crippen LogP contribution is 2.28. The Labute approximate surface area is 179 Å². The van der Waals surface area contributed by atoms with E-state index in [2.05, 4.69) is 38.8 Å². The van der Waals surface area contributed by atoms with Crippen LogP contribution in [0.1, 0.15) is 5.82 Å². The van der Waals surface area contributed by atoms with E-state index in [1.807, 2.05) is 54.4 Å². The Morgan fingerprint density at radius 2 is 1.52 bits per heavy atom. The number of hydrogen-bond acceptors (Lipinski definition) is 4. The molecule has 2 heterocycles. The molecule has 0 saturated carbocycles. The lowest BCUT2D eigenvalue weighted by Crippen LogP contribution is -2.32. The molecule has 31 heavy (non-hydrogen) atoms. The third-order valence-corrected chi connectivity index (χ3v) is 5.68. The number of benzene rings is 3. The smallest absolute Gasteiger partial charge is 0.258 e. The van der Waals surface area contributed by atoms with Crippen molar-refractivity contribution in [2.45, 2.75) is 19.2 Å². The third-order valence-electron chi connectivity index (χ3n) is 5.68. The van der Waals surface area contributed by atoms with E-state index in [9.17, 15) is 9.90 Å². The van der Waals surface area contributed by atoms with Crippen molar-refractivity contribution in [3.8, 4) is 0 Å². The van der Waals surface area contributed by atoms with E-state index >= 15 is 0 Å². The molecule has 1 atom stereocenters. The molecular formula is C25H24N4O2. The van der Waals surface area contributed by atoms with Crippen molar-refractivity contribution in [3.63, 3.8) is 0 Å². The summed E-state index contributed by atoms with van der Waals surface area (Å²) in [5.74, 6) is 0.593. The Morgan fingerprint density at radius 1 is 0.935 bits per heavy atom. The molecule has 2 aromatic heterocycles. The molecule has 3 aromatic carbocycles. The number of H-pyrrole nitrogens is 1. The average Bonchev–Trinajstić information content (AvgIpc) is 3.07. The highest BCUT2D eigenvalue weighted by Gasteiger charge is 2.15. The largest absolute Gasteiger partial charge is 0.390 e. The van der Waals surface area contributed by atoms with Gasteiger partial charge in [0.15, 0.2) is 0 Å². The number of para-hydroxylation sites is 3. The number of aliphatic hydroxyl groups excluding tert-OH is 1. The molecule has 6 nitrogen and oxygen atoms in total. The zero-order valence-electron chi connectivity index (χ0n) is 17.3. The second-order valence-electron chi connectivity index (χ2n) is 8.03. The van der Waals surface area contributed by atoms with Crippen LogP contribution in [0.25, 0.3) is 32.7 Å². The molecule has 0 amide bonds. The maximum Gasteiger partial charge on any atom is 0.258 e. The van der Waals surface area contributed by atoms with Gasteiger partial charge in [0.25, 0.3) is 5.56 Å². The highest BCUT2D eigenvalue weighted by molar-refractivity contribution is 6.07. The van der Waals surface area contributed by atoms with Gasteiger partial charge in [-0.2, -0.15) is 0 Å². The summed E-state index contributed by atoms with van der Waals surface area (Å²) in [4.78, 5) is 21.7. The topological polar surface area (TPSA) is 74.2 Å². The molecule has 0 aliphatic rings. The Balaban J connectivity index is 1.35.